The number of amides is 2. The van der Waals surface area contributed by atoms with E-state index in [-0.39, 0.29) is 17.2 Å². The van der Waals surface area contributed by atoms with Crippen LogP contribution in [0.15, 0.2) is 18.2 Å². The normalized spacial score (nSPS) is 23.1. The van der Waals surface area contributed by atoms with Crippen LogP contribution in [0.3, 0.4) is 0 Å². The second-order valence-corrected chi connectivity index (χ2v) is 9.19. The van der Waals surface area contributed by atoms with Crippen molar-refractivity contribution in [3.63, 3.8) is 0 Å². The molecule has 0 N–H and O–H groups in total. The molecule has 0 atom stereocenters. The van der Waals surface area contributed by atoms with Gasteiger partial charge in [0.15, 0.2) is 0 Å². The maximum Gasteiger partial charge on any atom is 0.229 e. The molecule has 1 aromatic carbocycles. The number of carbonyl (C=O) groups excluding carboxylic acids is 2. The summed E-state index contributed by atoms with van der Waals surface area (Å²) in [6.07, 6.45) is 5.49. The molecular weight excluding hydrogens is 397 g/mol. The molecule has 1 aliphatic carbocycles. The summed E-state index contributed by atoms with van der Waals surface area (Å²) in [7, 11) is 0. The fourth-order valence-electron chi connectivity index (χ4n) is 4.95. The van der Waals surface area contributed by atoms with E-state index in [1.807, 2.05) is 12.1 Å². The van der Waals surface area contributed by atoms with Crippen LogP contribution in [0.5, 0.6) is 0 Å². The van der Waals surface area contributed by atoms with Gasteiger partial charge in [-0.3, -0.25) is 19.4 Å². The van der Waals surface area contributed by atoms with Gasteiger partial charge in [-0.2, -0.15) is 0 Å². The maximum absolute atomic E-state index is 12.6. The second-order valence-electron chi connectivity index (χ2n) is 8.40. The number of halogens is 2. The highest BCUT2D eigenvalue weighted by Gasteiger charge is 2.44. The van der Waals surface area contributed by atoms with Gasteiger partial charge in [0.1, 0.15) is 0 Å². The molecule has 0 unspecified atom stereocenters. The summed E-state index contributed by atoms with van der Waals surface area (Å²) in [5.74, 6) is 0.0602. The fraction of sp³-hybridized carbons (Fsp3) is 0.619. The second kappa shape index (κ2) is 8.21. The smallest absolute Gasteiger partial charge is 0.229 e. The fourth-order valence-corrected chi connectivity index (χ4v) is 5.37. The van der Waals surface area contributed by atoms with Gasteiger partial charge >= 0.3 is 0 Å². The third kappa shape index (κ3) is 4.03. The van der Waals surface area contributed by atoms with E-state index >= 15 is 0 Å². The molecule has 1 aromatic rings. The highest BCUT2D eigenvalue weighted by atomic mass is 35.5. The predicted octanol–water partition coefficient (Wildman–Crippen LogP) is 3.82. The number of hydrogen-bond donors (Lipinski definition) is 0. The maximum atomic E-state index is 12.6. The number of benzene rings is 1. The molecule has 0 bridgehead atoms. The van der Waals surface area contributed by atoms with Crippen LogP contribution in [0.2, 0.25) is 10.0 Å². The zero-order valence-electron chi connectivity index (χ0n) is 16.1. The Labute approximate surface area is 176 Å². The first-order valence-corrected chi connectivity index (χ1v) is 11.0. The van der Waals surface area contributed by atoms with Gasteiger partial charge in [-0.05, 0) is 30.4 Å². The number of rotatable bonds is 4. The Hall–Kier alpha value is -1.30. The third-order valence-electron chi connectivity index (χ3n) is 6.60. The molecule has 2 saturated heterocycles. The molecule has 0 aromatic heterocycles. The number of hydrogen-bond acceptors (Lipinski definition) is 4. The lowest BCUT2D eigenvalue weighted by Gasteiger charge is -2.39. The van der Waals surface area contributed by atoms with E-state index in [4.69, 9.17) is 23.2 Å². The lowest BCUT2D eigenvalue weighted by atomic mass is 9.76. The first kappa shape index (κ1) is 20.0. The molecule has 3 aliphatic rings. The van der Waals surface area contributed by atoms with Gasteiger partial charge in [0.25, 0.3) is 0 Å². The zero-order chi connectivity index (χ0) is 19.7. The number of nitrogens with zero attached hydrogens (tertiary/aromatic N) is 3. The highest BCUT2D eigenvalue weighted by molar-refractivity contribution is 6.43. The van der Waals surface area contributed by atoms with E-state index in [1.54, 1.807) is 6.07 Å². The van der Waals surface area contributed by atoms with Gasteiger partial charge in [-0.25, -0.2) is 0 Å². The Balaban J connectivity index is 1.28. The molecule has 2 amide bonds. The SMILES string of the molecule is O=C1CC2(CCCC2)CC(=O)N1CCN1CCN(c2cccc(Cl)c2Cl)CC1. The molecular formula is C21H27Cl2N3O2. The summed E-state index contributed by atoms with van der Waals surface area (Å²) in [6, 6.07) is 5.71. The minimum Gasteiger partial charge on any atom is -0.368 e. The molecule has 2 aliphatic heterocycles. The Bertz CT molecular complexity index is 736. The van der Waals surface area contributed by atoms with Crippen LogP contribution < -0.4 is 4.90 Å². The Morgan fingerprint density at radius 1 is 0.893 bits per heavy atom. The van der Waals surface area contributed by atoms with Crippen LogP contribution >= 0.6 is 23.2 Å². The lowest BCUT2D eigenvalue weighted by molar-refractivity contribution is -0.153. The van der Waals surface area contributed by atoms with Crippen molar-refractivity contribution in [3.05, 3.63) is 28.2 Å². The topological polar surface area (TPSA) is 43.9 Å². The van der Waals surface area contributed by atoms with Crippen molar-refractivity contribution in [1.82, 2.24) is 9.80 Å². The van der Waals surface area contributed by atoms with Crippen LogP contribution in [0.25, 0.3) is 0 Å². The third-order valence-corrected chi connectivity index (χ3v) is 7.41. The highest BCUT2D eigenvalue weighted by Crippen LogP contribution is 2.46. The van der Waals surface area contributed by atoms with Gasteiger partial charge in [-0.15, -0.1) is 0 Å². The molecule has 3 fully saturated rings. The summed E-state index contributed by atoms with van der Waals surface area (Å²) in [5, 5.41) is 1.17. The summed E-state index contributed by atoms with van der Waals surface area (Å²) >= 11 is 12.5. The quantitative estimate of drug-likeness (QED) is 0.690. The molecule has 152 valence electrons. The molecule has 0 radical (unpaired) electrons. The number of piperazine rings is 1. The summed E-state index contributed by atoms with van der Waals surface area (Å²) in [6.45, 7) is 4.70. The molecule has 2 heterocycles. The number of piperidine rings is 1. The van der Waals surface area contributed by atoms with Crippen LogP contribution in [-0.2, 0) is 9.59 Å². The standard InChI is InChI=1S/C21H27Cl2N3O2/c22-16-4-3-5-17(20(16)23)25-11-8-24(9-12-25)10-13-26-18(27)14-21(15-19(26)28)6-1-2-7-21/h3-5H,1-2,6-15H2. The summed E-state index contributed by atoms with van der Waals surface area (Å²) in [4.78, 5) is 31.3. The van der Waals surface area contributed by atoms with Gasteiger partial charge in [-0.1, -0.05) is 42.1 Å². The summed E-state index contributed by atoms with van der Waals surface area (Å²) < 4.78 is 0. The van der Waals surface area contributed by atoms with E-state index in [0.717, 1.165) is 64.1 Å². The van der Waals surface area contributed by atoms with Crippen molar-refractivity contribution in [3.8, 4) is 0 Å². The number of anilines is 1. The van der Waals surface area contributed by atoms with Crippen LogP contribution in [-0.4, -0.2) is 60.9 Å². The zero-order valence-corrected chi connectivity index (χ0v) is 17.6. The molecule has 28 heavy (non-hydrogen) atoms. The van der Waals surface area contributed by atoms with Crippen LogP contribution in [0.4, 0.5) is 5.69 Å². The average molecular weight is 424 g/mol. The Morgan fingerprint density at radius 3 is 2.18 bits per heavy atom. The van der Waals surface area contributed by atoms with Crippen molar-refractivity contribution in [2.45, 2.75) is 38.5 Å². The Morgan fingerprint density at radius 2 is 1.54 bits per heavy atom. The van der Waals surface area contributed by atoms with E-state index in [2.05, 4.69) is 9.80 Å². The molecule has 4 rings (SSSR count). The summed E-state index contributed by atoms with van der Waals surface area (Å²) in [5.41, 5.74) is 0.948. The van der Waals surface area contributed by atoms with Crippen molar-refractivity contribution in [2.24, 2.45) is 5.41 Å². The Kier molecular flexibility index (Phi) is 5.86. The van der Waals surface area contributed by atoms with Gasteiger partial charge in [0.2, 0.25) is 11.8 Å². The average Bonchev–Trinajstić information content (AvgIpc) is 3.11. The van der Waals surface area contributed by atoms with Crippen molar-refractivity contribution >= 4 is 40.7 Å². The van der Waals surface area contributed by atoms with E-state index in [0.29, 0.717) is 29.4 Å². The number of likely N-dealkylation sites (tertiary alicyclic amines) is 1. The van der Waals surface area contributed by atoms with E-state index < -0.39 is 0 Å². The van der Waals surface area contributed by atoms with E-state index in [1.165, 1.54) is 4.90 Å². The molecule has 1 saturated carbocycles. The van der Waals surface area contributed by atoms with Gasteiger partial charge < -0.3 is 4.90 Å². The first-order chi connectivity index (χ1) is 13.5. The first-order valence-electron chi connectivity index (χ1n) is 10.2. The number of carbonyl (C=O) groups is 2. The van der Waals surface area contributed by atoms with Gasteiger partial charge in [0.05, 0.1) is 15.7 Å². The van der Waals surface area contributed by atoms with Crippen LogP contribution in [0, 0.1) is 5.41 Å². The van der Waals surface area contributed by atoms with Crippen LogP contribution in [0.1, 0.15) is 38.5 Å². The van der Waals surface area contributed by atoms with Crippen molar-refractivity contribution < 1.29 is 9.59 Å². The van der Waals surface area contributed by atoms with Crippen molar-refractivity contribution in [2.75, 3.05) is 44.2 Å². The lowest BCUT2D eigenvalue weighted by Crippen LogP contribution is -2.52. The van der Waals surface area contributed by atoms with E-state index in [9.17, 15) is 9.59 Å². The largest absolute Gasteiger partial charge is 0.368 e. The minimum atomic E-state index is -0.0213. The molecule has 7 heteroatoms. The minimum absolute atomic E-state index is 0.0213. The molecule has 1 spiro atoms. The number of imide groups is 1. The molecule has 5 nitrogen and oxygen atoms in total. The van der Waals surface area contributed by atoms with Gasteiger partial charge in [0, 0.05) is 52.1 Å². The monoisotopic (exact) mass is 423 g/mol. The van der Waals surface area contributed by atoms with Crippen molar-refractivity contribution in [1.29, 1.82) is 0 Å². The predicted molar refractivity (Wildman–Crippen MR) is 112 cm³/mol.